The monoisotopic (exact) mass is 547 g/mol. The molecule has 1 amide bonds. The maximum absolute atomic E-state index is 13.2. The molecule has 2 N–H and O–H groups in total. The zero-order valence-corrected chi connectivity index (χ0v) is 23.0. The summed E-state index contributed by atoms with van der Waals surface area (Å²) in [5, 5.41) is 6.44. The number of rotatable bonds is 9. The highest BCUT2D eigenvalue weighted by atomic mass is 16.5. The number of carbonyl (C=O) groups excluding carboxylic acids is 1. The molecule has 4 aliphatic rings. The van der Waals surface area contributed by atoms with Gasteiger partial charge in [0.05, 0.1) is 39.0 Å². The molecule has 4 heterocycles. The molecule has 11 heteroatoms. The number of hydrogen-bond acceptors (Lipinski definition) is 10. The van der Waals surface area contributed by atoms with E-state index in [1.165, 1.54) is 12.8 Å². The lowest BCUT2D eigenvalue weighted by atomic mass is 10.1. The van der Waals surface area contributed by atoms with Gasteiger partial charge in [-0.2, -0.15) is 0 Å². The van der Waals surface area contributed by atoms with Crippen molar-refractivity contribution in [3.8, 4) is 11.5 Å². The number of amidine groups is 1. The normalized spacial score (nSPS) is 19.0. The van der Waals surface area contributed by atoms with Crippen LogP contribution in [0.3, 0.4) is 0 Å². The van der Waals surface area contributed by atoms with Gasteiger partial charge in [-0.25, -0.2) is 9.98 Å². The van der Waals surface area contributed by atoms with E-state index in [2.05, 4.69) is 20.5 Å². The molecule has 212 valence electrons. The summed E-state index contributed by atoms with van der Waals surface area (Å²) >= 11 is 0. The molecule has 0 atom stereocenters. The molecule has 1 aliphatic carbocycles. The molecule has 0 radical (unpaired) electrons. The summed E-state index contributed by atoms with van der Waals surface area (Å²) in [6, 6.07) is 8.00. The predicted molar refractivity (Wildman–Crippen MR) is 153 cm³/mol. The number of guanidine groups is 1. The number of nitrogens with zero attached hydrogens (tertiary/aromatic N) is 5. The molecular formula is C29H37N7O4. The van der Waals surface area contributed by atoms with Crippen LogP contribution < -0.4 is 20.1 Å². The van der Waals surface area contributed by atoms with E-state index in [1.807, 2.05) is 23.1 Å². The van der Waals surface area contributed by atoms with Crippen LogP contribution >= 0.6 is 0 Å². The fraction of sp³-hybridized carbons (Fsp3) is 0.517. The van der Waals surface area contributed by atoms with Gasteiger partial charge in [-0.3, -0.25) is 24.9 Å². The van der Waals surface area contributed by atoms with Crippen molar-refractivity contribution in [2.45, 2.75) is 38.1 Å². The molecule has 2 fully saturated rings. The van der Waals surface area contributed by atoms with Gasteiger partial charge >= 0.3 is 0 Å². The molecular weight excluding hydrogens is 510 g/mol. The van der Waals surface area contributed by atoms with Gasteiger partial charge in [0.25, 0.3) is 5.91 Å². The van der Waals surface area contributed by atoms with Crippen molar-refractivity contribution in [1.82, 2.24) is 20.1 Å². The average Bonchev–Trinajstić information content (AvgIpc) is 3.69. The lowest BCUT2D eigenvalue weighted by Crippen LogP contribution is -2.47. The summed E-state index contributed by atoms with van der Waals surface area (Å²) in [5.74, 6) is 2.87. The molecule has 1 saturated heterocycles. The molecule has 3 aliphatic heterocycles. The summed E-state index contributed by atoms with van der Waals surface area (Å²) in [7, 11) is 1.61. The van der Waals surface area contributed by atoms with Crippen LogP contribution in [0.1, 0.15) is 48.0 Å². The van der Waals surface area contributed by atoms with Crippen LogP contribution in [0.5, 0.6) is 11.5 Å². The first-order valence-electron chi connectivity index (χ1n) is 14.3. The zero-order valence-electron chi connectivity index (χ0n) is 23.0. The van der Waals surface area contributed by atoms with Crippen molar-refractivity contribution in [3.63, 3.8) is 0 Å². The van der Waals surface area contributed by atoms with E-state index >= 15 is 0 Å². The Morgan fingerprint density at radius 2 is 1.98 bits per heavy atom. The van der Waals surface area contributed by atoms with Crippen molar-refractivity contribution >= 4 is 29.2 Å². The first kappa shape index (κ1) is 26.5. The minimum absolute atomic E-state index is 0.275. The number of amides is 1. The Labute approximate surface area is 234 Å². The minimum atomic E-state index is -0.275. The molecule has 6 rings (SSSR count). The van der Waals surface area contributed by atoms with Gasteiger partial charge in [0.15, 0.2) is 11.5 Å². The summed E-state index contributed by atoms with van der Waals surface area (Å²) in [4.78, 5) is 31.5. The lowest BCUT2D eigenvalue weighted by molar-refractivity contribution is 0.0357. The molecule has 0 bridgehead atoms. The minimum Gasteiger partial charge on any atom is -0.491 e. The van der Waals surface area contributed by atoms with E-state index in [1.54, 1.807) is 19.4 Å². The number of hydrogen-bond donors (Lipinski definition) is 2. The Kier molecular flexibility index (Phi) is 8.10. The van der Waals surface area contributed by atoms with E-state index in [4.69, 9.17) is 24.2 Å². The number of methoxy groups -OCH3 is 1. The lowest BCUT2D eigenvalue weighted by Gasteiger charge is -2.29. The third-order valence-corrected chi connectivity index (χ3v) is 7.79. The van der Waals surface area contributed by atoms with Gasteiger partial charge in [0, 0.05) is 44.0 Å². The third-order valence-electron chi connectivity index (χ3n) is 7.79. The smallest absolute Gasteiger partial charge is 0.259 e. The van der Waals surface area contributed by atoms with E-state index in [9.17, 15) is 4.79 Å². The van der Waals surface area contributed by atoms with Gasteiger partial charge < -0.3 is 19.5 Å². The van der Waals surface area contributed by atoms with Crippen molar-refractivity contribution < 1.29 is 19.0 Å². The number of pyridine rings is 1. The Morgan fingerprint density at radius 3 is 2.75 bits per heavy atom. The second-order valence-corrected chi connectivity index (χ2v) is 10.5. The topological polar surface area (TPSA) is 113 Å². The molecule has 1 saturated carbocycles. The van der Waals surface area contributed by atoms with E-state index in [0.29, 0.717) is 54.4 Å². The van der Waals surface area contributed by atoms with E-state index < -0.39 is 0 Å². The van der Waals surface area contributed by atoms with Crippen LogP contribution in [0.4, 0.5) is 11.5 Å². The first-order valence-corrected chi connectivity index (χ1v) is 14.3. The summed E-state index contributed by atoms with van der Waals surface area (Å²) in [5.41, 5.74) is 1.93. The van der Waals surface area contributed by atoms with Gasteiger partial charge in [-0.1, -0.05) is 12.8 Å². The maximum Gasteiger partial charge on any atom is 0.259 e. The Hall–Kier alpha value is -3.70. The molecule has 1 aromatic heterocycles. The van der Waals surface area contributed by atoms with Gasteiger partial charge in [0.1, 0.15) is 17.3 Å². The molecule has 0 unspecified atom stereocenters. The summed E-state index contributed by atoms with van der Waals surface area (Å²) in [6.07, 6.45) is 7.32. The Balaban J connectivity index is 1.16. The second-order valence-electron chi connectivity index (χ2n) is 10.5. The highest BCUT2D eigenvalue weighted by Crippen LogP contribution is 2.43. The van der Waals surface area contributed by atoms with Gasteiger partial charge in [-0.15, -0.1) is 0 Å². The highest BCUT2D eigenvalue weighted by molar-refractivity contribution is 6.20. The Morgan fingerprint density at radius 1 is 1.12 bits per heavy atom. The van der Waals surface area contributed by atoms with E-state index in [-0.39, 0.29) is 5.91 Å². The summed E-state index contributed by atoms with van der Waals surface area (Å²) in [6.45, 7) is 6.28. The third kappa shape index (κ3) is 5.75. The number of aliphatic imine (C=N–C) groups is 2. The fourth-order valence-electron chi connectivity index (χ4n) is 5.66. The van der Waals surface area contributed by atoms with Crippen LogP contribution in [0.15, 0.2) is 40.4 Å². The number of benzene rings is 1. The quantitative estimate of drug-likeness (QED) is 0.461. The van der Waals surface area contributed by atoms with Crippen LogP contribution in [0.25, 0.3) is 0 Å². The number of anilines is 1. The predicted octanol–water partition coefficient (Wildman–Crippen LogP) is 3.04. The Bertz CT molecular complexity index is 1270. The maximum atomic E-state index is 13.2. The second kappa shape index (κ2) is 12.2. The molecule has 11 nitrogen and oxygen atoms in total. The van der Waals surface area contributed by atoms with Gasteiger partial charge in [0.2, 0.25) is 5.96 Å². The van der Waals surface area contributed by atoms with Crippen molar-refractivity contribution in [1.29, 1.82) is 0 Å². The zero-order chi connectivity index (χ0) is 27.3. The van der Waals surface area contributed by atoms with Crippen molar-refractivity contribution in [2.24, 2.45) is 9.98 Å². The van der Waals surface area contributed by atoms with Crippen LogP contribution in [0.2, 0.25) is 0 Å². The van der Waals surface area contributed by atoms with E-state index in [0.717, 1.165) is 69.3 Å². The standard InChI is InChI=1S/C29H37N7O4/c1-38-26-23(40-16-4-12-35-14-17-39-18-15-35)9-8-22-25(26)33-29(36-13-11-30-27(22)36)34-28(37)20-7-10-24(31-19-20)32-21-5-2-3-6-21/h7-10,19,21H,2-6,11-18H2,1H3,(H,31,32)(H,33,34,37). The number of ether oxygens (including phenoxy) is 3. The molecule has 1 aromatic carbocycles. The van der Waals surface area contributed by atoms with Crippen LogP contribution in [-0.4, -0.2) is 98.2 Å². The van der Waals surface area contributed by atoms with Gasteiger partial charge in [-0.05, 0) is 43.5 Å². The number of carbonyl (C=O) groups is 1. The number of fused-ring (bicyclic) bond motifs is 3. The molecule has 40 heavy (non-hydrogen) atoms. The largest absolute Gasteiger partial charge is 0.491 e. The first-order chi connectivity index (χ1) is 19.7. The SMILES string of the molecule is COc1c(OCCCN2CCOCC2)ccc2c1N=C(NC(=O)c1ccc(NC3CCCC3)nc1)N1CCN=C21. The molecule has 0 spiro atoms. The number of morpholine rings is 1. The number of nitrogens with one attached hydrogen (secondary N) is 2. The summed E-state index contributed by atoms with van der Waals surface area (Å²) < 4.78 is 17.3. The number of aromatic nitrogens is 1. The van der Waals surface area contributed by atoms with Crippen molar-refractivity contribution in [3.05, 3.63) is 41.6 Å². The molecule has 2 aromatic rings. The van der Waals surface area contributed by atoms with Crippen LogP contribution in [-0.2, 0) is 4.74 Å². The van der Waals surface area contributed by atoms with Crippen molar-refractivity contribution in [2.75, 3.05) is 65.0 Å². The highest BCUT2D eigenvalue weighted by Gasteiger charge is 2.33. The fourth-order valence-corrected chi connectivity index (χ4v) is 5.66. The average molecular weight is 548 g/mol. The van der Waals surface area contributed by atoms with Crippen LogP contribution in [0, 0.1) is 0 Å².